The molecule has 7 heteroatoms. The zero-order chi connectivity index (χ0) is 17.6. The summed E-state index contributed by atoms with van der Waals surface area (Å²) in [4.78, 5) is 0. The first-order valence-corrected chi connectivity index (χ1v) is 8.11. The lowest BCUT2D eigenvalue weighted by Crippen LogP contribution is -2.24. The van der Waals surface area contributed by atoms with Gasteiger partial charge in [-0.2, -0.15) is 5.26 Å². The van der Waals surface area contributed by atoms with Crippen LogP contribution in [-0.4, -0.2) is 10.2 Å². The molecule has 24 heavy (non-hydrogen) atoms. The summed E-state index contributed by atoms with van der Waals surface area (Å²) in [6.07, 6.45) is 0. The summed E-state index contributed by atoms with van der Waals surface area (Å²) in [5.74, 6) is -0.0584. The van der Waals surface area contributed by atoms with E-state index >= 15 is 0 Å². The number of rotatable bonds is 1. The van der Waals surface area contributed by atoms with Crippen molar-refractivity contribution in [2.45, 2.75) is 32.1 Å². The molecular weight excluding hydrogens is 347 g/mol. The molecule has 1 aliphatic heterocycles. The average molecular weight is 363 g/mol. The fraction of sp³-hybridized carbons (Fsp3) is 0.294. The number of H-pyrrole nitrogens is 1. The van der Waals surface area contributed by atoms with Crippen molar-refractivity contribution in [2.75, 3.05) is 0 Å². The highest BCUT2D eigenvalue weighted by atomic mass is 35.5. The van der Waals surface area contributed by atoms with Crippen molar-refractivity contribution in [1.82, 2.24) is 10.2 Å². The molecule has 1 aromatic heterocycles. The van der Waals surface area contributed by atoms with Crippen LogP contribution in [0.25, 0.3) is 0 Å². The Morgan fingerprint density at radius 2 is 2.04 bits per heavy atom. The van der Waals surface area contributed by atoms with Crippen molar-refractivity contribution in [3.05, 3.63) is 56.5 Å². The zero-order valence-corrected chi connectivity index (χ0v) is 15.0. The molecule has 0 unspecified atom stereocenters. The molecule has 2 aromatic rings. The third kappa shape index (κ3) is 2.62. The number of halogens is 2. The first kappa shape index (κ1) is 16.7. The quantitative estimate of drug-likeness (QED) is 0.794. The molecular formula is C17H16Cl2N4O. The van der Waals surface area contributed by atoms with E-state index in [-0.39, 0.29) is 11.3 Å². The van der Waals surface area contributed by atoms with E-state index < -0.39 is 5.92 Å². The molecule has 1 atom stereocenters. The monoisotopic (exact) mass is 362 g/mol. The predicted molar refractivity (Wildman–Crippen MR) is 93.0 cm³/mol. The van der Waals surface area contributed by atoms with Crippen LogP contribution >= 0.6 is 23.2 Å². The van der Waals surface area contributed by atoms with Gasteiger partial charge in [-0.15, -0.1) is 5.10 Å². The highest BCUT2D eigenvalue weighted by Gasteiger charge is 2.38. The average Bonchev–Trinajstić information content (AvgIpc) is 2.89. The summed E-state index contributed by atoms with van der Waals surface area (Å²) in [7, 11) is 0. The third-order valence-corrected chi connectivity index (χ3v) is 4.52. The minimum absolute atomic E-state index is 0.0352. The molecule has 2 heterocycles. The van der Waals surface area contributed by atoms with Crippen LogP contribution in [0, 0.1) is 11.3 Å². The van der Waals surface area contributed by atoms with Crippen molar-refractivity contribution in [2.24, 2.45) is 5.73 Å². The third-order valence-electron chi connectivity index (χ3n) is 3.96. The molecule has 0 amide bonds. The van der Waals surface area contributed by atoms with Gasteiger partial charge in [0.15, 0.2) is 0 Å². The fourth-order valence-electron chi connectivity index (χ4n) is 2.86. The van der Waals surface area contributed by atoms with Crippen LogP contribution in [-0.2, 0) is 5.41 Å². The first-order chi connectivity index (χ1) is 11.2. The van der Waals surface area contributed by atoms with Gasteiger partial charge < -0.3 is 10.5 Å². The molecule has 0 aliphatic carbocycles. The van der Waals surface area contributed by atoms with Gasteiger partial charge >= 0.3 is 0 Å². The van der Waals surface area contributed by atoms with Gasteiger partial charge in [0, 0.05) is 21.2 Å². The Bertz CT molecular complexity index is 887. The molecule has 0 spiro atoms. The highest BCUT2D eigenvalue weighted by Crippen LogP contribution is 2.47. The summed E-state index contributed by atoms with van der Waals surface area (Å²) in [5.41, 5.74) is 8.40. The number of hydrogen-bond acceptors (Lipinski definition) is 4. The number of nitriles is 1. The maximum atomic E-state index is 9.63. The van der Waals surface area contributed by atoms with E-state index in [0.717, 1.165) is 16.8 Å². The lowest BCUT2D eigenvalue weighted by atomic mass is 9.79. The van der Waals surface area contributed by atoms with Crippen LogP contribution in [0.15, 0.2) is 29.7 Å². The molecule has 0 fully saturated rings. The van der Waals surface area contributed by atoms with E-state index in [1.54, 1.807) is 18.2 Å². The molecule has 0 radical (unpaired) electrons. The number of hydrogen-bond donors (Lipinski definition) is 2. The second kappa shape index (κ2) is 5.73. The summed E-state index contributed by atoms with van der Waals surface area (Å²) < 4.78 is 5.55. The summed E-state index contributed by atoms with van der Waals surface area (Å²) in [6, 6.07) is 7.33. The fourth-order valence-corrected chi connectivity index (χ4v) is 3.38. The lowest BCUT2D eigenvalue weighted by Gasteiger charge is -2.28. The first-order valence-electron chi connectivity index (χ1n) is 7.35. The molecule has 3 N–H and O–H groups in total. The van der Waals surface area contributed by atoms with Crippen molar-refractivity contribution in [1.29, 1.82) is 5.26 Å². The number of aromatic nitrogens is 2. The smallest absolute Gasteiger partial charge is 0.244 e. The van der Waals surface area contributed by atoms with E-state index in [1.165, 1.54) is 0 Å². The molecule has 3 rings (SSSR count). The van der Waals surface area contributed by atoms with Gasteiger partial charge in [0.2, 0.25) is 11.8 Å². The van der Waals surface area contributed by atoms with Crippen LogP contribution in [0.4, 0.5) is 0 Å². The Morgan fingerprint density at radius 3 is 2.62 bits per heavy atom. The summed E-state index contributed by atoms with van der Waals surface area (Å²) in [6.45, 7) is 6.15. The van der Waals surface area contributed by atoms with Gasteiger partial charge in [0.25, 0.3) is 0 Å². The van der Waals surface area contributed by atoms with Gasteiger partial charge in [-0.25, -0.2) is 0 Å². The molecule has 0 bridgehead atoms. The zero-order valence-electron chi connectivity index (χ0n) is 13.4. The van der Waals surface area contributed by atoms with Crippen molar-refractivity contribution in [3.8, 4) is 11.9 Å². The van der Waals surface area contributed by atoms with Crippen molar-refractivity contribution in [3.63, 3.8) is 0 Å². The SMILES string of the molecule is CC(C)(C)c1[nH]nc2c1[C@@H](c1ccc(Cl)cc1Cl)C(C#N)=C(N)O2. The van der Waals surface area contributed by atoms with Crippen molar-refractivity contribution < 1.29 is 4.74 Å². The molecule has 1 aromatic carbocycles. The van der Waals surface area contributed by atoms with E-state index in [2.05, 4.69) is 37.0 Å². The topological polar surface area (TPSA) is 87.7 Å². The van der Waals surface area contributed by atoms with E-state index in [9.17, 15) is 5.26 Å². The van der Waals surface area contributed by atoms with Crippen LogP contribution < -0.4 is 10.5 Å². The van der Waals surface area contributed by atoms with Crippen LogP contribution in [0.1, 0.15) is 43.5 Å². The standard InChI is InChI=1S/C17H16Cl2N4O/c1-17(2,3)14-13-12(9-5-4-8(18)6-11(9)19)10(7-20)15(21)24-16(13)23-22-14/h4-6,12H,21H2,1-3H3,(H,22,23)/t12-/m0/s1. The second-order valence-corrected chi connectivity index (χ2v) is 7.50. The Morgan fingerprint density at radius 1 is 1.33 bits per heavy atom. The van der Waals surface area contributed by atoms with Crippen LogP contribution in [0.3, 0.4) is 0 Å². The maximum Gasteiger partial charge on any atom is 0.244 e. The van der Waals surface area contributed by atoms with Gasteiger partial charge in [-0.1, -0.05) is 50.0 Å². The number of fused-ring (bicyclic) bond motifs is 1. The highest BCUT2D eigenvalue weighted by molar-refractivity contribution is 6.35. The summed E-state index contributed by atoms with van der Waals surface area (Å²) >= 11 is 12.4. The summed E-state index contributed by atoms with van der Waals surface area (Å²) in [5, 5.41) is 17.9. The maximum absolute atomic E-state index is 9.63. The number of benzene rings is 1. The van der Waals surface area contributed by atoms with E-state index in [1.807, 2.05) is 0 Å². The van der Waals surface area contributed by atoms with Gasteiger partial charge in [0.05, 0.1) is 11.5 Å². The van der Waals surface area contributed by atoms with Gasteiger partial charge in [0.1, 0.15) is 11.6 Å². The largest absolute Gasteiger partial charge is 0.420 e. The Balaban J connectivity index is 2.31. The Kier molecular flexibility index (Phi) is 3.98. The molecule has 124 valence electrons. The predicted octanol–water partition coefficient (Wildman–Crippen LogP) is 4.23. The minimum Gasteiger partial charge on any atom is -0.420 e. The molecule has 0 saturated heterocycles. The number of aromatic amines is 1. The van der Waals surface area contributed by atoms with Gasteiger partial charge in [-0.3, -0.25) is 5.10 Å². The number of nitrogens with zero attached hydrogens (tertiary/aromatic N) is 2. The normalized spacial score (nSPS) is 17.2. The minimum atomic E-state index is -0.462. The number of nitrogens with one attached hydrogen (secondary N) is 1. The molecule has 1 aliphatic rings. The number of allylic oxidation sites excluding steroid dienone is 1. The van der Waals surface area contributed by atoms with Gasteiger partial charge in [-0.05, 0) is 17.7 Å². The number of ether oxygens (including phenoxy) is 1. The second-order valence-electron chi connectivity index (χ2n) is 6.66. The lowest BCUT2D eigenvalue weighted by molar-refractivity contribution is 0.378. The van der Waals surface area contributed by atoms with E-state index in [0.29, 0.717) is 21.5 Å². The Hall–Kier alpha value is -2.16. The van der Waals surface area contributed by atoms with Crippen LogP contribution in [0.5, 0.6) is 5.88 Å². The Labute approximate surface area is 150 Å². The van der Waals surface area contributed by atoms with Crippen molar-refractivity contribution >= 4 is 23.2 Å². The number of nitrogens with two attached hydrogens (primary N) is 1. The molecule has 5 nitrogen and oxygen atoms in total. The van der Waals surface area contributed by atoms with E-state index in [4.69, 9.17) is 33.7 Å². The molecule has 0 saturated carbocycles. The van der Waals surface area contributed by atoms with Crippen LogP contribution in [0.2, 0.25) is 10.0 Å².